The van der Waals surface area contributed by atoms with Gasteiger partial charge in [0.1, 0.15) is 0 Å². The van der Waals surface area contributed by atoms with Gasteiger partial charge in [-0.15, -0.1) is 0 Å². The molecule has 0 aliphatic carbocycles. The molecule has 0 radical (unpaired) electrons. The first-order chi connectivity index (χ1) is 9.86. The van der Waals surface area contributed by atoms with Gasteiger partial charge in [-0.25, -0.2) is 0 Å². The van der Waals surface area contributed by atoms with Gasteiger partial charge >= 0.3 is 0 Å². The number of nitrogens with one attached hydrogen (secondary N) is 2. The third kappa shape index (κ3) is 8.02. The summed E-state index contributed by atoms with van der Waals surface area (Å²) in [6.07, 6.45) is -0.111. The number of carbonyl (C=O) groups excluding carboxylic acids is 1. The Labute approximate surface area is 131 Å². The molecule has 6 heteroatoms. The summed E-state index contributed by atoms with van der Waals surface area (Å²) in [5, 5.41) is 16.3. The number of benzene rings is 1. The third-order valence-corrected chi connectivity index (χ3v) is 3.11. The minimum Gasteiger partial charge on any atom is -0.390 e. The summed E-state index contributed by atoms with van der Waals surface area (Å²) in [6, 6.07) is 7.03. The van der Waals surface area contributed by atoms with E-state index in [4.69, 9.17) is 11.6 Å². The second kappa shape index (κ2) is 9.00. The molecule has 1 rings (SSSR count). The lowest BCUT2D eigenvalue weighted by molar-refractivity contribution is -0.116. The molecule has 1 amide bonds. The molecule has 0 bridgehead atoms. The summed E-state index contributed by atoms with van der Waals surface area (Å²) in [7, 11) is 3.82. The molecule has 0 saturated carbocycles. The van der Waals surface area contributed by atoms with Gasteiger partial charge < -0.3 is 20.6 Å². The minimum atomic E-state index is -0.446. The van der Waals surface area contributed by atoms with Crippen LogP contribution in [0.2, 0.25) is 5.02 Å². The average molecular weight is 314 g/mol. The van der Waals surface area contributed by atoms with Gasteiger partial charge in [0.25, 0.3) is 0 Å². The van der Waals surface area contributed by atoms with Gasteiger partial charge in [-0.3, -0.25) is 4.79 Å². The maximum absolute atomic E-state index is 11.9. The quantitative estimate of drug-likeness (QED) is 0.681. The van der Waals surface area contributed by atoms with Crippen molar-refractivity contribution in [1.82, 2.24) is 10.2 Å². The summed E-state index contributed by atoms with van der Waals surface area (Å²) in [6.45, 7) is 2.97. The third-order valence-electron chi connectivity index (χ3n) is 2.88. The van der Waals surface area contributed by atoms with E-state index in [1.54, 1.807) is 24.3 Å². The lowest BCUT2D eigenvalue weighted by Gasteiger charge is -2.19. The zero-order valence-corrected chi connectivity index (χ0v) is 13.5. The fourth-order valence-corrected chi connectivity index (χ4v) is 2.14. The molecular weight excluding hydrogens is 290 g/mol. The van der Waals surface area contributed by atoms with Crippen LogP contribution in [0.25, 0.3) is 0 Å². The number of aliphatic hydroxyl groups is 1. The van der Waals surface area contributed by atoms with Crippen molar-refractivity contribution in [2.75, 3.05) is 32.5 Å². The normalized spacial score (nSPS) is 14.0. The molecule has 0 spiro atoms. The summed E-state index contributed by atoms with van der Waals surface area (Å²) >= 11 is 5.86. The molecule has 118 valence electrons. The van der Waals surface area contributed by atoms with Crippen molar-refractivity contribution in [1.29, 1.82) is 0 Å². The van der Waals surface area contributed by atoms with Crippen LogP contribution in [-0.4, -0.2) is 55.2 Å². The number of amides is 1. The Morgan fingerprint density at radius 2 is 2.14 bits per heavy atom. The minimum absolute atomic E-state index is 0.0130. The molecule has 0 fully saturated rings. The van der Waals surface area contributed by atoms with Crippen LogP contribution in [-0.2, 0) is 4.79 Å². The second-order valence-electron chi connectivity index (χ2n) is 5.49. The van der Waals surface area contributed by atoms with Gasteiger partial charge in [0.05, 0.1) is 6.10 Å². The predicted molar refractivity (Wildman–Crippen MR) is 86.7 cm³/mol. The van der Waals surface area contributed by atoms with Crippen molar-refractivity contribution in [3.8, 4) is 0 Å². The monoisotopic (exact) mass is 313 g/mol. The van der Waals surface area contributed by atoms with E-state index in [1.165, 1.54) is 0 Å². The standard InChI is InChI=1S/C15H24ClN3O2/c1-11(17-9-14(20)10-19(2)3)7-15(21)18-13-6-4-5-12(16)8-13/h4-6,8,11,14,17,20H,7,9-10H2,1-3H3,(H,18,21). The number of aliphatic hydroxyl groups excluding tert-OH is 1. The van der Waals surface area contributed by atoms with Crippen LogP contribution in [0, 0.1) is 0 Å². The van der Waals surface area contributed by atoms with Crippen LogP contribution in [0.1, 0.15) is 13.3 Å². The number of hydrogen-bond acceptors (Lipinski definition) is 4. The van der Waals surface area contributed by atoms with E-state index in [9.17, 15) is 9.90 Å². The van der Waals surface area contributed by atoms with Crippen molar-refractivity contribution < 1.29 is 9.90 Å². The number of likely N-dealkylation sites (N-methyl/N-ethyl adjacent to an activating group) is 1. The smallest absolute Gasteiger partial charge is 0.225 e. The van der Waals surface area contributed by atoms with E-state index in [0.717, 1.165) is 0 Å². The molecule has 1 aromatic carbocycles. The Kier molecular flexibility index (Phi) is 7.67. The van der Waals surface area contributed by atoms with Crippen LogP contribution in [0.15, 0.2) is 24.3 Å². The molecule has 0 heterocycles. The second-order valence-corrected chi connectivity index (χ2v) is 5.92. The van der Waals surface area contributed by atoms with Gasteiger partial charge in [-0.1, -0.05) is 17.7 Å². The Balaban J connectivity index is 2.30. The average Bonchev–Trinajstić information content (AvgIpc) is 2.35. The summed E-state index contributed by atoms with van der Waals surface area (Å²) in [4.78, 5) is 13.8. The van der Waals surface area contributed by atoms with E-state index in [0.29, 0.717) is 30.2 Å². The van der Waals surface area contributed by atoms with Gasteiger partial charge in [-0.05, 0) is 39.2 Å². The van der Waals surface area contributed by atoms with Crippen molar-refractivity contribution in [3.05, 3.63) is 29.3 Å². The van der Waals surface area contributed by atoms with Gasteiger partial charge in [-0.2, -0.15) is 0 Å². The van der Waals surface area contributed by atoms with Crippen molar-refractivity contribution >= 4 is 23.2 Å². The highest BCUT2D eigenvalue weighted by Crippen LogP contribution is 2.15. The number of carbonyl (C=O) groups is 1. The molecular formula is C15H24ClN3O2. The Bertz CT molecular complexity index is 454. The molecule has 0 aliphatic rings. The topological polar surface area (TPSA) is 64.6 Å². The van der Waals surface area contributed by atoms with E-state index >= 15 is 0 Å². The van der Waals surface area contributed by atoms with Crippen molar-refractivity contribution in [2.24, 2.45) is 0 Å². The Morgan fingerprint density at radius 3 is 2.76 bits per heavy atom. The molecule has 1 aromatic rings. The SMILES string of the molecule is CC(CC(=O)Nc1cccc(Cl)c1)NCC(O)CN(C)C. The number of rotatable bonds is 8. The summed E-state index contributed by atoms with van der Waals surface area (Å²) < 4.78 is 0. The molecule has 0 aromatic heterocycles. The first-order valence-corrected chi connectivity index (χ1v) is 7.36. The molecule has 2 atom stereocenters. The summed E-state index contributed by atoms with van der Waals surface area (Å²) in [5.74, 6) is -0.0839. The van der Waals surface area contributed by atoms with Crippen LogP contribution >= 0.6 is 11.6 Å². The first kappa shape index (κ1) is 17.9. The molecule has 2 unspecified atom stereocenters. The lowest BCUT2D eigenvalue weighted by Crippen LogP contribution is -2.40. The largest absolute Gasteiger partial charge is 0.390 e. The van der Waals surface area contributed by atoms with Crippen LogP contribution in [0.4, 0.5) is 5.69 Å². The Morgan fingerprint density at radius 1 is 1.43 bits per heavy atom. The number of anilines is 1. The maximum Gasteiger partial charge on any atom is 0.225 e. The first-order valence-electron chi connectivity index (χ1n) is 6.98. The van der Waals surface area contributed by atoms with Gasteiger partial charge in [0.2, 0.25) is 5.91 Å². The zero-order valence-electron chi connectivity index (χ0n) is 12.8. The molecule has 3 N–H and O–H groups in total. The van der Waals surface area contributed by atoms with Crippen molar-refractivity contribution in [3.63, 3.8) is 0 Å². The number of nitrogens with zero attached hydrogens (tertiary/aromatic N) is 1. The van der Waals surface area contributed by atoms with E-state index in [-0.39, 0.29) is 11.9 Å². The summed E-state index contributed by atoms with van der Waals surface area (Å²) in [5.41, 5.74) is 0.687. The molecule has 21 heavy (non-hydrogen) atoms. The van der Waals surface area contributed by atoms with E-state index in [2.05, 4.69) is 10.6 Å². The van der Waals surface area contributed by atoms with E-state index in [1.807, 2.05) is 25.9 Å². The number of hydrogen-bond donors (Lipinski definition) is 3. The fraction of sp³-hybridized carbons (Fsp3) is 0.533. The fourth-order valence-electron chi connectivity index (χ4n) is 1.95. The highest BCUT2D eigenvalue weighted by Gasteiger charge is 2.11. The molecule has 0 aliphatic heterocycles. The molecule has 5 nitrogen and oxygen atoms in total. The van der Waals surface area contributed by atoms with Crippen LogP contribution < -0.4 is 10.6 Å². The molecule has 0 saturated heterocycles. The lowest BCUT2D eigenvalue weighted by atomic mass is 10.2. The number of halogens is 1. The van der Waals surface area contributed by atoms with Gasteiger partial charge in [0.15, 0.2) is 0 Å². The maximum atomic E-state index is 11.9. The van der Waals surface area contributed by atoms with E-state index < -0.39 is 6.10 Å². The highest BCUT2D eigenvalue weighted by atomic mass is 35.5. The van der Waals surface area contributed by atoms with Gasteiger partial charge in [0, 0.05) is 36.3 Å². The highest BCUT2D eigenvalue weighted by molar-refractivity contribution is 6.30. The predicted octanol–water partition coefficient (Wildman–Crippen LogP) is 1.57. The zero-order chi connectivity index (χ0) is 15.8. The van der Waals surface area contributed by atoms with Crippen molar-refractivity contribution in [2.45, 2.75) is 25.5 Å². The van der Waals surface area contributed by atoms with Crippen LogP contribution in [0.5, 0.6) is 0 Å². The van der Waals surface area contributed by atoms with Crippen LogP contribution in [0.3, 0.4) is 0 Å². The Hall–Kier alpha value is -1.14.